The lowest BCUT2D eigenvalue weighted by Gasteiger charge is -2.24. The number of aliphatic carboxylic acids is 1. The molecule has 1 amide bonds. The maximum atomic E-state index is 11.9. The summed E-state index contributed by atoms with van der Waals surface area (Å²) in [6.07, 6.45) is 2.59. The fraction of sp³-hybridized carbons (Fsp3) is 0.600. The van der Waals surface area contributed by atoms with E-state index < -0.39 is 17.4 Å². The molecular formula is C10H13N3O3S. The SMILES string of the molecule is Cc1snnc1C(=O)NC1(C(=O)O)CCCC1. The highest BCUT2D eigenvalue weighted by molar-refractivity contribution is 7.05. The number of nitrogens with one attached hydrogen (secondary N) is 1. The molecule has 0 bridgehead atoms. The fourth-order valence-corrected chi connectivity index (χ4v) is 2.55. The second kappa shape index (κ2) is 4.40. The summed E-state index contributed by atoms with van der Waals surface area (Å²) in [5.74, 6) is -1.41. The number of carbonyl (C=O) groups excluding carboxylic acids is 1. The van der Waals surface area contributed by atoms with Gasteiger partial charge in [-0.15, -0.1) is 5.10 Å². The molecule has 92 valence electrons. The van der Waals surface area contributed by atoms with Gasteiger partial charge in [-0.1, -0.05) is 17.3 Å². The lowest BCUT2D eigenvalue weighted by Crippen LogP contribution is -2.52. The van der Waals surface area contributed by atoms with Gasteiger partial charge in [-0.2, -0.15) is 0 Å². The van der Waals surface area contributed by atoms with Gasteiger partial charge in [0, 0.05) is 0 Å². The van der Waals surface area contributed by atoms with Crippen LogP contribution in [-0.4, -0.2) is 32.1 Å². The second-order valence-electron chi connectivity index (χ2n) is 4.23. The van der Waals surface area contributed by atoms with Crippen LogP contribution in [0.25, 0.3) is 0 Å². The summed E-state index contributed by atoms with van der Waals surface area (Å²) in [7, 11) is 0. The number of carboxylic acid groups (broad SMARTS) is 1. The Balaban J connectivity index is 2.17. The van der Waals surface area contributed by atoms with Crippen molar-refractivity contribution in [1.29, 1.82) is 0 Å². The summed E-state index contributed by atoms with van der Waals surface area (Å²) in [5, 5.41) is 15.5. The fourth-order valence-electron chi connectivity index (χ4n) is 2.09. The number of rotatable bonds is 3. The maximum absolute atomic E-state index is 11.9. The van der Waals surface area contributed by atoms with E-state index in [2.05, 4.69) is 14.9 Å². The summed E-state index contributed by atoms with van der Waals surface area (Å²) in [6.45, 7) is 1.74. The molecule has 2 rings (SSSR count). The number of carboxylic acids is 1. The molecule has 1 aliphatic carbocycles. The molecule has 0 atom stereocenters. The van der Waals surface area contributed by atoms with Crippen molar-refractivity contribution in [3.8, 4) is 0 Å². The van der Waals surface area contributed by atoms with E-state index in [9.17, 15) is 14.7 Å². The topological polar surface area (TPSA) is 92.2 Å². The molecule has 1 saturated carbocycles. The Hall–Kier alpha value is -1.50. The highest BCUT2D eigenvalue weighted by Crippen LogP contribution is 2.30. The number of hydrogen-bond acceptors (Lipinski definition) is 5. The minimum Gasteiger partial charge on any atom is -0.480 e. The smallest absolute Gasteiger partial charge is 0.329 e. The first kappa shape index (κ1) is 12.0. The predicted octanol–water partition coefficient (Wildman–Crippen LogP) is 0.974. The highest BCUT2D eigenvalue weighted by atomic mass is 32.1. The van der Waals surface area contributed by atoms with Crippen molar-refractivity contribution in [2.75, 3.05) is 0 Å². The molecule has 0 unspecified atom stereocenters. The molecule has 0 aliphatic heterocycles. The van der Waals surface area contributed by atoms with Gasteiger partial charge in [-0.3, -0.25) is 4.79 Å². The quantitative estimate of drug-likeness (QED) is 0.839. The van der Waals surface area contributed by atoms with Gasteiger partial charge < -0.3 is 10.4 Å². The van der Waals surface area contributed by atoms with Gasteiger partial charge in [-0.25, -0.2) is 4.79 Å². The summed E-state index contributed by atoms with van der Waals surface area (Å²) in [4.78, 5) is 23.9. The number of amides is 1. The van der Waals surface area contributed by atoms with E-state index in [0.29, 0.717) is 17.7 Å². The number of aromatic nitrogens is 2. The standard InChI is InChI=1S/C10H13N3O3S/c1-6-7(12-13-17-6)8(14)11-10(9(15)16)4-2-3-5-10/h2-5H2,1H3,(H,11,14)(H,15,16). The molecule has 2 N–H and O–H groups in total. The minimum atomic E-state index is -1.12. The van der Waals surface area contributed by atoms with Gasteiger partial charge in [0.05, 0.1) is 4.88 Å². The van der Waals surface area contributed by atoms with E-state index in [-0.39, 0.29) is 5.69 Å². The number of hydrogen-bond donors (Lipinski definition) is 2. The van der Waals surface area contributed by atoms with Crippen LogP contribution in [0.5, 0.6) is 0 Å². The Kier molecular flexibility index (Phi) is 3.10. The third-order valence-corrected chi connectivity index (χ3v) is 3.72. The Morgan fingerprint density at radius 3 is 2.53 bits per heavy atom. The van der Waals surface area contributed by atoms with Gasteiger partial charge in [0.1, 0.15) is 5.54 Å². The first-order valence-electron chi connectivity index (χ1n) is 5.40. The molecule has 1 heterocycles. The lowest BCUT2D eigenvalue weighted by atomic mass is 9.97. The van der Waals surface area contributed by atoms with Gasteiger partial charge in [0.15, 0.2) is 5.69 Å². The van der Waals surface area contributed by atoms with Crippen LogP contribution in [0.1, 0.15) is 41.0 Å². The van der Waals surface area contributed by atoms with Crippen LogP contribution in [0.2, 0.25) is 0 Å². The summed E-state index contributed by atoms with van der Waals surface area (Å²) < 4.78 is 3.67. The maximum Gasteiger partial charge on any atom is 0.329 e. The first-order chi connectivity index (χ1) is 8.05. The van der Waals surface area contributed by atoms with Gasteiger partial charge >= 0.3 is 5.97 Å². The van der Waals surface area contributed by atoms with Crippen LogP contribution in [-0.2, 0) is 4.79 Å². The van der Waals surface area contributed by atoms with Crippen LogP contribution < -0.4 is 5.32 Å². The Bertz CT molecular complexity index is 451. The zero-order valence-corrected chi connectivity index (χ0v) is 10.2. The van der Waals surface area contributed by atoms with Crippen molar-refractivity contribution in [3.63, 3.8) is 0 Å². The van der Waals surface area contributed by atoms with E-state index in [0.717, 1.165) is 24.4 Å². The Morgan fingerprint density at radius 1 is 1.41 bits per heavy atom. The number of nitrogens with zero attached hydrogens (tertiary/aromatic N) is 2. The number of carbonyl (C=O) groups is 2. The zero-order chi connectivity index (χ0) is 12.5. The molecule has 1 fully saturated rings. The van der Waals surface area contributed by atoms with Crippen molar-refractivity contribution >= 4 is 23.4 Å². The Morgan fingerprint density at radius 2 is 2.06 bits per heavy atom. The van der Waals surface area contributed by atoms with Gasteiger partial charge in [-0.05, 0) is 31.3 Å². The van der Waals surface area contributed by atoms with Crippen LogP contribution >= 0.6 is 11.5 Å². The molecule has 6 nitrogen and oxygen atoms in total. The van der Waals surface area contributed by atoms with Crippen LogP contribution in [0.15, 0.2) is 0 Å². The third-order valence-electron chi connectivity index (χ3n) is 3.09. The molecule has 17 heavy (non-hydrogen) atoms. The van der Waals surface area contributed by atoms with Crippen molar-refractivity contribution in [2.45, 2.75) is 38.1 Å². The van der Waals surface area contributed by atoms with Crippen molar-refractivity contribution in [3.05, 3.63) is 10.6 Å². The largest absolute Gasteiger partial charge is 0.480 e. The first-order valence-corrected chi connectivity index (χ1v) is 6.17. The van der Waals surface area contributed by atoms with Crippen molar-refractivity contribution in [2.24, 2.45) is 0 Å². The lowest BCUT2D eigenvalue weighted by molar-refractivity contribution is -0.144. The molecule has 1 aromatic heterocycles. The molecule has 1 aromatic rings. The van der Waals surface area contributed by atoms with Crippen LogP contribution in [0.4, 0.5) is 0 Å². The summed E-state index contributed by atoms with van der Waals surface area (Å²) in [5.41, 5.74) is -0.893. The van der Waals surface area contributed by atoms with E-state index in [1.54, 1.807) is 6.92 Å². The average molecular weight is 255 g/mol. The van der Waals surface area contributed by atoms with E-state index in [4.69, 9.17) is 0 Å². The molecule has 0 radical (unpaired) electrons. The Labute approximate surface area is 102 Å². The zero-order valence-electron chi connectivity index (χ0n) is 9.39. The molecule has 0 aromatic carbocycles. The van der Waals surface area contributed by atoms with Gasteiger partial charge in [0.2, 0.25) is 0 Å². The second-order valence-corrected chi connectivity index (χ2v) is 5.18. The molecule has 1 aliphatic rings. The van der Waals surface area contributed by atoms with Crippen LogP contribution in [0.3, 0.4) is 0 Å². The summed E-state index contributed by atoms with van der Waals surface area (Å²) in [6, 6.07) is 0. The van der Waals surface area contributed by atoms with E-state index in [1.165, 1.54) is 0 Å². The number of aryl methyl sites for hydroxylation is 1. The van der Waals surface area contributed by atoms with Crippen LogP contribution in [0, 0.1) is 6.92 Å². The molecule has 0 spiro atoms. The van der Waals surface area contributed by atoms with E-state index in [1.807, 2.05) is 0 Å². The minimum absolute atomic E-state index is 0.225. The molecular weight excluding hydrogens is 242 g/mol. The predicted molar refractivity (Wildman–Crippen MR) is 60.9 cm³/mol. The van der Waals surface area contributed by atoms with E-state index >= 15 is 0 Å². The normalized spacial score (nSPS) is 17.9. The molecule has 7 heteroatoms. The molecule has 0 saturated heterocycles. The van der Waals surface area contributed by atoms with Crippen molar-refractivity contribution < 1.29 is 14.7 Å². The average Bonchev–Trinajstić information content (AvgIpc) is 2.87. The van der Waals surface area contributed by atoms with Crippen molar-refractivity contribution in [1.82, 2.24) is 14.9 Å². The monoisotopic (exact) mass is 255 g/mol. The van der Waals surface area contributed by atoms with Gasteiger partial charge in [0.25, 0.3) is 5.91 Å². The highest BCUT2D eigenvalue weighted by Gasteiger charge is 2.43. The summed E-state index contributed by atoms with van der Waals surface area (Å²) >= 11 is 1.13. The third kappa shape index (κ3) is 2.14.